The van der Waals surface area contributed by atoms with Crippen molar-refractivity contribution in [3.63, 3.8) is 0 Å². The lowest BCUT2D eigenvalue weighted by molar-refractivity contribution is 0.387. The highest BCUT2D eigenvalue weighted by atomic mass is 79.9. The number of aromatic nitrogens is 2. The molecule has 0 bridgehead atoms. The number of aliphatic imine (C=N–C) groups is 1. The molecule has 0 radical (unpaired) electrons. The molecule has 0 spiro atoms. The van der Waals surface area contributed by atoms with E-state index in [0.717, 1.165) is 41.4 Å². The number of halogens is 3. The Bertz CT molecular complexity index is 1360. The van der Waals surface area contributed by atoms with Crippen LogP contribution in [0.25, 0.3) is 5.52 Å². The predicted molar refractivity (Wildman–Crippen MR) is 142 cm³/mol. The van der Waals surface area contributed by atoms with Crippen LogP contribution >= 0.6 is 27.5 Å². The van der Waals surface area contributed by atoms with Gasteiger partial charge in [-0.25, -0.2) is 27.0 Å². The molecule has 0 saturated heterocycles. The molecule has 35 heavy (non-hydrogen) atoms. The van der Waals surface area contributed by atoms with Gasteiger partial charge in [-0.05, 0) is 66.2 Å². The van der Waals surface area contributed by atoms with Gasteiger partial charge in [0.25, 0.3) is 0 Å². The Labute approximate surface area is 217 Å². The van der Waals surface area contributed by atoms with Crippen LogP contribution in [-0.2, 0) is 10.0 Å². The minimum Gasteiger partial charge on any atom is -0.383 e. The smallest absolute Gasteiger partial charge is 0.211 e. The number of nitrogens with zero attached hydrogens (tertiary/aromatic N) is 3. The maximum absolute atomic E-state index is 13.7. The van der Waals surface area contributed by atoms with Crippen LogP contribution in [-0.4, -0.2) is 41.7 Å². The Hall–Kier alpha value is -2.21. The summed E-state index contributed by atoms with van der Waals surface area (Å²) >= 11 is 9.67. The molecule has 8 nitrogen and oxygen atoms in total. The number of hydrogen-bond donors (Lipinski definition) is 3. The average Bonchev–Trinajstić information content (AvgIpc) is 3.18. The molecular weight excluding hydrogens is 559 g/mol. The second-order valence-corrected chi connectivity index (χ2v) is 11.8. The molecule has 4 rings (SSSR count). The van der Waals surface area contributed by atoms with Crippen LogP contribution in [0, 0.1) is 5.82 Å². The number of sulfonamides is 1. The minimum absolute atomic E-state index is 0.0641. The Kier molecular flexibility index (Phi) is 7.99. The second-order valence-electron chi connectivity index (χ2n) is 8.64. The lowest BCUT2D eigenvalue weighted by Crippen LogP contribution is -2.41. The average molecular weight is 586 g/mol. The summed E-state index contributed by atoms with van der Waals surface area (Å²) in [5.41, 5.74) is 8.69. The van der Waals surface area contributed by atoms with Crippen molar-refractivity contribution >= 4 is 60.3 Å². The summed E-state index contributed by atoms with van der Waals surface area (Å²) in [5.74, 6) is -0.177. The highest BCUT2D eigenvalue weighted by Crippen LogP contribution is 2.31. The van der Waals surface area contributed by atoms with Crippen molar-refractivity contribution in [2.75, 3.05) is 11.1 Å². The van der Waals surface area contributed by atoms with Crippen molar-refractivity contribution < 1.29 is 12.8 Å². The van der Waals surface area contributed by atoms with E-state index in [1.165, 1.54) is 18.2 Å². The number of fused-ring (bicyclic) bond motifs is 1. The lowest BCUT2D eigenvalue weighted by Gasteiger charge is -2.30. The van der Waals surface area contributed by atoms with Gasteiger partial charge in [-0.3, -0.25) is 0 Å². The van der Waals surface area contributed by atoms with Crippen molar-refractivity contribution in [2.45, 2.75) is 51.1 Å². The van der Waals surface area contributed by atoms with Crippen LogP contribution < -0.4 is 15.8 Å². The first-order valence-electron chi connectivity index (χ1n) is 11.4. The quantitative estimate of drug-likeness (QED) is 0.255. The Morgan fingerprint density at radius 2 is 2.00 bits per heavy atom. The highest BCUT2D eigenvalue weighted by Gasteiger charge is 2.26. The third-order valence-corrected chi connectivity index (χ3v) is 8.31. The van der Waals surface area contributed by atoms with E-state index in [-0.39, 0.29) is 34.4 Å². The van der Waals surface area contributed by atoms with E-state index in [1.807, 2.05) is 19.2 Å². The molecule has 0 amide bonds. The normalized spacial score (nSPS) is 19.3. The standard InChI is InChI=1S/C23H27BrClFN6O2S/c1-2-9-35(33,34)31-17-6-4-16(5-7-17)29-22-18(12-28-32-13-14(24)10-21(22)32)23(27)30-20-11-15(26)3-8-19(20)25/h3,8,10-13,16-17,29,31H,2,4-7,9H2,1H3,(H2,27,30). The molecule has 1 aromatic carbocycles. The maximum Gasteiger partial charge on any atom is 0.211 e. The highest BCUT2D eigenvalue weighted by molar-refractivity contribution is 9.10. The van der Waals surface area contributed by atoms with Crippen molar-refractivity contribution in [2.24, 2.45) is 10.7 Å². The number of rotatable bonds is 8. The molecule has 0 unspecified atom stereocenters. The Morgan fingerprint density at radius 1 is 1.29 bits per heavy atom. The molecular formula is C23H27BrClFN6O2S. The molecule has 4 N–H and O–H groups in total. The van der Waals surface area contributed by atoms with Crippen LogP contribution in [0.4, 0.5) is 15.8 Å². The molecule has 188 valence electrons. The Morgan fingerprint density at radius 3 is 2.71 bits per heavy atom. The topological polar surface area (TPSA) is 114 Å². The van der Waals surface area contributed by atoms with Crippen molar-refractivity contribution in [3.8, 4) is 0 Å². The van der Waals surface area contributed by atoms with Gasteiger partial charge in [0.15, 0.2) is 0 Å². The number of amidine groups is 1. The molecule has 1 aliphatic carbocycles. The van der Waals surface area contributed by atoms with Gasteiger partial charge in [0.05, 0.1) is 39.4 Å². The van der Waals surface area contributed by atoms with E-state index >= 15 is 0 Å². The third kappa shape index (κ3) is 6.32. The number of benzene rings is 1. The fourth-order valence-corrected chi connectivity index (χ4v) is 6.24. The number of anilines is 1. The SMILES string of the molecule is CCCS(=O)(=O)NC1CCC(Nc2c(C(N)=Nc3cc(F)ccc3Cl)cnn3cc(Br)cc23)CC1. The molecule has 3 aromatic rings. The largest absolute Gasteiger partial charge is 0.383 e. The molecule has 1 fully saturated rings. The monoisotopic (exact) mass is 584 g/mol. The summed E-state index contributed by atoms with van der Waals surface area (Å²) in [6, 6.07) is 5.88. The number of hydrogen-bond acceptors (Lipinski definition) is 5. The first-order valence-corrected chi connectivity index (χ1v) is 14.2. The van der Waals surface area contributed by atoms with Gasteiger partial charge in [0.1, 0.15) is 11.7 Å². The summed E-state index contributed by atoms with van der Waals surface area (Å²) in [6.07, 6.45) is 7.04. The van der Waals surface area contributed by atoms with E-state index in [1.54, 1.807) is 10.7 Å². The van der Waals surface area contributed by atoms with Gasteiger partial charge in [0.2, 0.25) is 10.0 Å². The van der Waals surface area contributed by atoms with Crippen LogP contribution in [0.3, 0.4) is 0 Å². The minimum atomic E-state index is -3.24. The molecule has 2 aromatic heterocycles. The van der Waals surface area contributed by atoms with Crippen molar-refractivity contribution in [3.05, 3.63) is 57.5 Å². The van der Waals surface area contributed by atoms with Gasteiger partial charge in [-0.2, -0.15) is 5.10 Å². The maximum atomic E-state index is 13.7. The van der Waals surface area contributed by atoms with Crippen LogP contribution in [0.1, 0.15) is 44.6 Å². The molecule has 2 heterocycles. The first kappa shape index (κ1) is 25.9. The van der Waals surface area contributed by atoms with Gasteiger partial charge in [0, 0.05) is 28.8 Å². The van der Waals surface area contributed by atoms with Gasteiger partial charge in [-0.1, -0.05) is 18.5 Å². The van der Waals surface area contributed by atoms with E-state index in [2.05, 4.69) is 36.1 Å². The fourth-order valence-electron chi connectivity index (χ4n) is 4.27. The van der Waals surface area contributed by atoms with Gasteiger partial charge >= 0.3 is 0 Å². The molecule has 0 atom stereocenters. The zero-order chi connectivity index (χ0) is 25.2. The van der Waals surface area contributed by atoms with Crippen molar-refractivity contribution in [1.29, 1.82) is 0 Å². The molecule has 1 aliphatic rings. The molecule has 1 saturated carbocycles. The molecule has 12 heteroatoms. The predicted octanol–water partition coefficient (Wildman–Crippen LogP) is 4.98. The van der Waals surface area contributed by atoms with Crippen LogP contribution in [0.2, 0.25) is 5.02 Å². The van der Waals surface area contributed by atoms with E-state index in [0.29, 0.717) is 12.0 Å². The zero-order valence-corrected chi connectivity index (χ0v) is 22.3. The first-order chi connectivity index (χ1) is 16.6. The van der Waals surface area contributed by atoms with Crippen LogP contribution in [0.5, 0.6) is 0 Å². The molecule has 0 aliphatic heterocycles. The third-order valence-electron chi connectivity index (χ3n) is 5.92. The second kappa shape index (κ2) is 10.8. The summed E-state index contributed by atoms with van der Waals surface area (Å²) < 4.78 is 43.4. The summed E-state index contributed by atoms with van der Waals surface area (Å²) in [4.78, 5) is 4.37. The van der Waals surface area contributed by atoms with Crippen LogP contribution in [0.15, 0.2) is 46.1 Å². The lowest BCUT2D eigenvalue weighted by atomic mass is 9.91. The summed E-state index contributed by atoms with van der Waals surface area (Å²) in [5, 5.41) is 8.29. The summed E-state index contributed by atoms with van der Waals surface area (Å²) in [7, 11) is -3.24. The Balaban J connectivity index is 1.59. The van der Waals surface area contributed by atoms with E-state index in [4.69, 9.17) is 17.3 Å². The van der Waals surface area contributed by atoms with Crippen molar-refractivity contribution in [1.82, 2.24) is 14.3 Å². The zero-order valence-electron chi connectivity index (χ0n) is 19.1. The van der Waals surface area contributed by atoms with Gasteiger partial charge in [-0.15, -0.1) is 0 Å². The number of nitrogens with two attached hydrogens (primary N) is 1. The summed E-state index contributed by atoms with van der Waals surface area (Å²) in [6.45, 7) is 1.85. The van der Waals surface area contributed by atoms with Gasteiger partial charge < -0.3 is 11.1 Å². The van der Waals surface area contributed by atoms with E-state index < -0.39 is 15.8 Å². The van der Waals surface area contributed by atoms with E-state index in [9.17, 15) is 12.8 Å². The fraction of sp³-hybridized carbons (Fsp3) is 0.391. The number of nitrogens with one attached hydrogen (secondary N) is 2.